The van der Waals surface area contributed by atoms with E-state index in [1.54, 1.807) is 6.07 Å². The normalized spacial score (nSPS) is 17.8. The summed E-state index contributed by atoms with van der Waals surface area (Å²) in [6.07, 6.45) is -1.54. The molecule has 0 aliphatic heterocycles. The minimum Gasteiger partial charge on any atom is -0.300 e. The van der Waals surface area contributed by atoms with Gasteiger partial charge in [0, 0.05) is 25.4 Å². The van der Waals surface area contributed by atoms with Gasteiger partial charge >= 0.3 is 6.18 Å². The van der Waals surface area contributed by atoms with Gasteiger partial charge in [-0.25, -0.2) is 0 Å². The quantitative estimate of drug-likeness (QED) is 0.845. The zero-order chi connectivity index (χ0) is 14.8. The van der Waals surface area contributed by atoms with Gasteiger partial charge in [-0.15, -0.1) is 0 Å². The molecule has 0 aromatic heterocycles. The number of rotatable bonds is 3. The summed E-state index contributed by atoms with van der Waals surface area (Å²) >= 11 is 0. The van der Waals surface area contributed by atoms with Gasteiger partial charge in [-0.05, 0) is 31.5 Å². The highest BCUT2D eigenvalue weighted by atomic mass is 19.4. The summed E-state index contributed by atoms with van der Waals surface area (Å²) < 4.78 is 38.0. The molecule has 0 N–H and O–H groups in total. The Morgan fingerprint density at radius 3 is 2.50 bits per heavy atom. The Morgan fingerprint density at radius 2 is 1.90 bits per heavy atom. The first-order chi connectivity index (χ1) is 9.36. The molecule has 2 rings (SSSR count). The van der Waals surface area contributed by atoms with Crippen molar-refractivity contribution in [1.29, 1.82) is 0 Å². The lowest BCUT2D eigenvalue weighted by molar-refractivity contribution is -0.137. The molecule has 0 radical (unpaired) electrons. The Morgan fingerprint density at radius 1 is 1.25 bits per heavy atom. The summed E-state index contributed by atoms with van der Waals surface area (Å²) in [5.41, 5.74) is 0.0430. The standard InChI is InChI=1S/C15H18F3NO/c1-19(13-5-7-14(20)8-6-13)10-11-3-2-4-12(9-11)15(16,17)18/h2-4,9,13H,5-8,10H2,1H3. The maximum Gasteiger partial charge on any atom is 0.416 e. The van der Waals surface area contributed by atoms with E-state index in [0.29, 0.717) is 24.9 Å². The number of carbonyl (C=O) groups excluding carboxylic acids is 1. The molecule has 1 fully saturated rings. The third kappa shape index (κ3) is 3.82. The summed E-state index contributed by atoms with van der Waals surface area (Å²) in [5, 5.41) is 0. The lowest BCUT2D eigenvalue weighted by atomic mass is 9.93. The summed E-state index contributed by atoms with van der Waals surface area (Å²) in [6.45, 7) is 0.475. The molecular weight excluding hydrogens is 267 g/mol. The molecule has 1 aliphatic rings. The van der Waals surface area contributed by atoms with Crippen LogP contribution in [0.5, 0.6) is 0 Å². The molecule has 1 saturated carbocycles. The molecule has 5 heteroatoms. The Hall–Kier alpha value is -1.36. The zero-order valence-corrected chi connectivity index (χ0v) is 11.4. The van der Waals surface area contributed by atoms with E-state index in [9.17, 15) is 18.0 Å². The number of halogens is 3. The number of carbonyl (C=O) groups is 1. The van der Waals surface area contributed by atoms with E-state index in [1.807, 2.05) is 11.9 Å². The van der Waals surface area contributed by atoms with Crippen molar-refractivity contribution in [3.05, 3.63) is 35.4 Å². The van der Waals surface area contributed by atoms with Crippen LogP contribution in [0.4, 0.5) is 13.2 Å². The first-order valence-electron chi connectivity index (χ1n) is 6.74. The van der Waals surface area contributed by atoms with Gasteiger partial charge < -0.3 is 0 Å². The molecular formula is C15H18F3NO. The number of nitrogens with zero attached hydrogens (tertiary/aromatic N) is 1. The highest BCUT2D eigenvalue weighted by Crippen LogP contribution is 2.30. The first kappa shape index (κ1) is 15.0. The molecule has 0 unspecified atom stereocenters. The van der Waals surface area contributed by atoms with Crippen LogP contribution in [0.25, 0.3) is 0 Å². The predicted molar refractivity (Wildman–Crippen MR) is 70.2 cm³/mol. The second-order valence-corrected chi connectivity index (χ2v) is 5.38. The summed E-state index contributed by atoms with van der Waals surface area (Å²) in [6, 6.07) is 5.71. The SMILES string of the molecule is CN(Cc1cccc(C(F)(F)F)c1)C1CCC(=O)CC1. The molecule has 0 heterocycles. The molecule has 1 aromatic carbocycles. The molecule has 20 heavy (non-hydrogen) atoms. The highest BCUT2D eigenvalue weighted by molar-refractivity contribution is 5.79. The van der Waals surface area contributed by atoms with Crippen LogP contribution < -0.4 is 0 Å². The van der Waals surface area contributed by atoms with Crippen molar-refractivity contribution < 1.29 is 18.0 Å². The van der Waals surface area contributed by atoms with Crippen molar-refractivity contribution in [2.45, 2.75) is 44.4 Å². The van der Waals surface area contributed by atoms with E-state index in [2.05, 4.69) is 0 Å². The maximum absolute atomic E-state index is 12.7. The highest BCUT2D eigenvalue weighted by Gasteiger charge is 2.30. The minimum absolute atomic E-state index is 0.280. The number of hydrogen-bond acceptors (Lipinski definition) is 2. The maximum atomic E-state index is 12.7. The Balaban J connectivity index is 2.01. The van der Waals surface area contributed by atoms with Gasteiger partial charge in [0.05, 0.1) is 5.56 Å². The number of benzene rings is 1. The van der Waals surface area contributed by atoms with Gasteiger partial charge in [-0.2, -0.15) is 13.2 Å². The number of alkyl halides is 3. The molecule has 2 nitrogen and oxygen atoms in total. The smallest absolute Gasteiger partial charge is 0.300 e. The molecule has 0 atom stereocenters. The predicted octanol–water partition coefficient (Wildman–Crippen LogP) is 3.65. The molecule has 0 saturated heterocycles. The molecule has 1 aromatic rings. The van der Waals surface area contributed by atoms with Crippen LogP contribution in [-0.4, -0.2) is 23.8 Å². The van der Waals surface area contributed by atoms with Crippen molar-refractivity contribution in [1.82, 2.24) is 4.90 Å². The minimum atomic E-state index is -4.30. The lowest BCUT2D eigenvalue weighted by Gasteiger charge is -2.30. The summed E-state index contributed by atoms with van der Waals surface area (Å²) in [5.74, 6) is 0.286. The van der Waals surface area contributed by atoms with Crippen LogP contribution >= 0.6 is 0 Å². The van der Waals surface area contributed by atoms with Crippen molar-refractivity contribution in [3.8, 4) is 0 Å². The van der Waals surface area contributed by atoms with Crippen LogP contribution in [-0.2, 0) is 17.5 Å². The number of ketones is 1. The molecule has 1 aliphatic carbocycles. The summed E-state index contributed by atoms with van der Waals surface area (Å²) in [7, 11) is 1.90. The number of hydrogen-bond donors (Lipinski definition) is 0. The van der Waals surface area contributed by atoms with Crippen LogP contribution in [0, 0.1) is 0 Å². The van der Waals surface area contributed by atoms with E-state index in [-0.39, 0.29) is 11.8 Å². The average molecular weight is 285 g/mol. The van der Waals surface area contributed by atoms with Gasteiger partial charge in [0.2, 0.25) is 0 Å². The van der Waals surface area contributed by atoms with Crippen LogP contribution in [0.1, 0.15) is 36.8 Å². The monoisotopic (exact) mass is 285 g/mol. The van der Waals surface area contributed by atoms with Crippen molar-refractivity contribution in [3.63, 3.8) is 0 Å². The fourth-order valence-corrected chi connectivity index (χ4v) is 2.63. The van der Waals surface area contributed by atoms with E-state index >= 15 is 0 Å². The zero-order valence-electron chi connectivity index (χ0n) is 11.4. The molecule has 0 spiro atoms. The van der Waals surface area contributed by atoms with Gasteiger partial charge in [0.25, 0.3) is 0 Å². The first-order valence-corrected chi connectivity index (χ1v) is 6.74. The van der Waals surface area contributed by atoms with Crippen LogP contribution in [0.3, 0.4) is 0 Å². The topological polar surface area (TPSA) is 20.3 Å². The molecule has 0 bridgehead atoms. The Bertz CT molecular complexity index is 474. The van der Waals surface area contributed by atoms with Crippen molar-refractivity contribution >= 4 is 5.78 Å². The fourth-order valence-electron chi connectivity index (χ4n) is 2.63. The Kier molecular flexibility index (Phi) is 4.48. The van der Waals surface area contributed by atoms with E-state index in [4.69, 9.17) is 0 Å². The van der Waals surface area contributed by atoms with Gasteiger partial charge in [0.15, 0.2) is 0 Å². The van der Waals surface area contributed by atoms with E-state index in [0.717, 1.165) is 18.9 Å². The van der Waals surface area contributed by atoms with E-state index in [1.165, 1.54) is 12.1 Å². The van der Waals surface area contributed by atoms with Gasteiger partial charge in [-0.1, -0.05) is 18.2 Å². The Labute approximate surface area is 116 Å². The van der Waals surface area contributed by atoms with E-state index < -0.39 is 11.7 Å². The fraction of sp³-hybridized carbons (Fsp3) is 0.533. The molecule has 110 valence electrons. The van der Waals surface area contributed by atoms with Gasteiger partial charge in [0.1, 0.15) is 5.78 Å². The van der Waals surface area contributed by atoms with Crippen LogP contribution in [0.15, 0.2) is 24.3 Å². The third-order valence-corrected chi connectivity index (χ3v) is 3.82. The van der Waals surface area contributed by atoms with Crippen molar-refractivity contribution in [2.24, 2.45) is 0 Å². The summed E-state index contributed by atoms with van der Waals surface area (Å²) in [4.78, 5) is 13.2. The van der Waals surface area contributed by atoms with Crippen LogP contribution in [0.2, 0.25) is 0 Å². The average Bonchev–Trinajstić information content (AvgIpc) is 2.38. The third-order valence-electron chi connectivity index (χ3n) is 3.82. The van der Waals surface area contributed by atoms with Gasteiger partial charge in [-0.3, -0.25) is 9.69 Å². The second-order valence-electron chi connectivity index (χ2n) is 5.38. The second kappa shape index (κ2) is 5.95. The number of Topliss-reactive ketones (excluding diaryl/α,β-unsaturated/α-hetero) is 1. The molecule has 0 amide bonds. The lowest BCUT2D eigenvalue weighted by Crippen LogP contribution is -2.34. The van der Waals surface area contributed by atoms with Crippen molar-refractivity contribution in [2.75, 3.05) is 7.05 Å². The largest absolute Gasteiger partial charge is 0.416 e.